The maximum atomic E-state index is 11.2. The van der Waals surface area contributed by atoms with Crippen LogP contribution in [0.1, 0.15) is 12.7 Å². The standard InChI is InChI=1S/C8H11N3O3/c1-5(12)9-4-7-10-3-6(14-2)8(13)11-7/h3H,4H2,1-2H3,(H,9,12)(H,10,11,13). The molecule has 0 atom stereocenters. The number of hydrogen-bond donors (Lipinski definition) is 2. The van der Waals surface area contributed by atoms with Crippen LogP contribution in [-0.4, -0.2) is 23.0 Å². The van der Waals surface area contributed by atoms with Crippen LogP contribution in [0.3, 0.4) is 0 Å². The van der Waals surface area contributed by atoms with E-state index in [0.29, 0.717) is 5.82 Å². The van der Waals surface area contributed by atoms with Crippen molar-refractivity contribution in [1.82, 2.24) is 15.3 Å². The number of ether oxygens (including phenoxy) is 1. The molecule has 0 spiro atoms. The largest absolute Gasteiger partial charge is 0.490 e. The molecule has 0 aliphatic carbocycles. The van der Waals surface area contributed by atoms with Gasteiger partial charge in [0.25, 0.3) is 5.56 Å². The topological polar surface area (TPSA) is 84.1 Å². The Morgan fingerprint density at radius 3 is 2.93 bits per heavy atom. The molecule has 76 valence electrons. The van der Waals surface area contributed by atoms with Crippen LogP contribution in [0.15, 0.2) is 11.0 Å². The molecular formula is C8H11N3O3. The Balaban J connectivity index is 2.76. The highest BCUT2D eigenvalue weighted by Crippen LogP contribution is 1.97. The molecule has 0 aromatic carbocycles. The van der Waals surface area contributed by atoms with Crippen LogP contribution in [-0.2, 0) is 11.3 Å². The van der Waals surface area contributed by atoms with Crippen LogP contribution in [0.5, 0.6) is 5.75 Å². The van der Waals surface area contributed by atoms with Crippen molar-refractivity contribution in [3.8, 4) is 5.75 Å². The number of carbonyl (C=O) groups is 1. The van der Waals surface area contributed by atoms with Crippen molar-refractivity contribution in [3.63, 3.8) is 0 Å². The van der Waals surface area contributed by atoms with E-state index < -0.39 is 0 Å². The zero-order valence-corrected chi connectivity index (χ0v) is 7.96. The van der Waals surface area contributed by atoms with E-state index >= 15 is 0 Å². The molecule has 1 aromatic rings. The van der Waals surface area contributed by atoms with Crippen LogP contribution in [0.2, 0.25) is 0 Å². The van der Waals surface area contributed by atoms with Crippen molar-refractivity contribution in [3.05, 3.63) is 22.4 Å². The summed E-state index contributed by atoms with van der Waals surface area (Å²) in [5, 5.41) is 2.51. The first-order chi connectivity index (χ1) is 6.63. The SMILES string of the molecule is COc1cnc(CNC(C)=O)[nH]c1=O. The van der Waals surface area contributed by atoms with Gasteiger partial charge in [0.15, 0.2) is 0 Å². The Labute approximate surface area is 80.3 Å². The quantitative estimate of drug-likeness (QED) is 0.678. The smallest absolute Gasteiger partial charge is 0.293 e. The van der Waals surface area contributed by atoms with Crippen molar-refractivity contribution in [1.29, 1.82) is 0 Å². The van der Waals surface area contributed by atoms with E-state index in [0.717, 1.165) is 0 Å². The molecule has 1 aromatic heterocycles. The Hall–Kier alpha value is -1.85. The highest BCUT2D eigenvalue weighted by atomic mass is 16.5. The fourth-order valence-corrected chi connectivity index (χ4v) is 0.864. The minimum atomic E-state index is -0.358. The molecule has 1 heterocycles. The molecule has 0 aliphatic heterocycles. The molecule has 0 fully saturated rings. The highest BCUT2D eigenvalue weighted by molar-refractivity contribution is 5.72. The van der Waals surface area contributed by atoms with Crippen molar-refractivity contribution >= 4 is 5.91 Å². The molecule has 0 saturated carbocycles. The van der Waals surface area contributed by atoms with Crippen molar-refractivity contribution in [2.45, 2.75) is 13.5 Å². The van der Waals surface area contributed by atoms with Gasteiger partial charge in [0.2, 0.25) is 11.7 Å². The fourth-order valence-electron chi connectivity index (χ4n) is 0.864. The highest BCUT2D eigenvalue weighted by Gasteiger charge is 2.01. The normalized spacial score (nSPS) is 9.57. The molecule has 1 amide bonds. The number of carbonyl (C=O) groups excluding carboxylic acids is 1. The van der Waals surface area contributed by atoms with Gasteiger partial charge in [0, 0.05) is 6.92 Å². The van der Waals surface area contributed by atoms with Gasteiger partial charge in [-0.05, 0) is 0 Å². The third-order valence-electron chi connectivity index (χ3n) is 1.54. The van der Waals surface area contributed by atoms with Crippen molar-refractivity contribution in [2.24, 2.45) is 0 Å². The zero-order chi connectivity index (χ0) is 10.6. The van der Waals surface area contributed by atoms with Gasteiger partial charge >= 0.3 is 0 Å². The molecule has 1 rings (SSSR count). The summed E-state index contributed by atoms with van der Waals surface area (Å²) in [6.45, 7) is 1.59. The van der Waals surface area contributed by atoms with Gasteiger partial charge in [-0.25, -0.2) is 4.98 Å². The second-order valence-electron chi connectivity index (χ2n) is 2.64. The number of hydrogen-bond acceptors (Lipinski definition) is 4. The van der Waals surface area contributed by atoms with E-state index in [1.165, 1.54) is 20.2 Å². The van der Waals surface area contributed by atoms with Gasteiger partial charge < -0.3 is 15.0 Å². The summed E-state index contributed by atoms with van der Waals surface area (Å²) in [6.07, 6.45) is 1.32. The first-order valence-electron chi connectivity index (χ1n) is 4.00. The van der Waals surface area contributed by atoms with Crippen LogP contribution < -0.4 is 15.6 Å². The maximum absolute atomic E-state index is 11.2. The van der Waals surface area contributed by atoms with Crippen LogP contribution in [0.25, 0.3) is 0 Å². The summed E-state index contributed by atoms with van der Waals surface area (Å²) in [4.78, 5) is 28.1. The second kappa shape index (κ2) is 4.40. The van der Waals surface area contributed by atoms with E-state index in [1.54, 1.807) is 0 Å². The monoisotopic (exact) mass is 197 g/mol. The first-order valence-corrected chi connectivity index (χ1v) is 4.00. The predicted octanol–water partition coefficient (Wildman–Crippen LogP) is -0.585. The lowest BCUT2D eigenvalue weighted by molar-refractivity contribution is -0.119. The number of amides is 1. The summed E-state index contributed by atoms with van der Waals surface area (Å²) >= 11 is 0. The lowest BCUT2D eigenvalue weighted by Gasteiger charge is -2.02. The van der Waals surface area contributed by atoms with E-state index in [9.17, 15) is 9.59 Å². The third-order valence-corrected chi connectivity index (χ3v) is 1.54. The lowest BCUT2D eigenvalue weighted by atomic mass is 10.5. The number of H-pyrrole nitrogens is 1. The summed E-state index contributed by atoms with van der Waals surface area (Å²) in [5.74, 6) is 0.367. The maximum Gasteiger partial charge on any atom is 0.293 e. The van der Waals surface area contributed by atoms with Crippen LogP contribution in [0, 0.1) is 0 Å². The summed E-state index contributed by atoms with van der Waals surface area (Å²) < 4.78 is 4.73. The number of aromatic nitrogens is 2. The summed E-state index contributed by atoms with van der Waals surface area (Å²) in [6, 6.07) is 0. The molecule has 0 saturated heterocycles. The third kappa shape index (κ3) is 2.58. The van der Waals surface area contributed by atoms with E-state index in [4.69, 9.17) is 4.74 Å². The Morgan fingerprint density at radius 1 is 1.71 bits per heavy atom. The number of methoxy groups -OCH3 is 1. The Kier molecular flexibility index (Phi) is 3.22. The van der Waals surface area contributed by atoms with Gasteiger partial charge in [0.1, 0.15) is 5.82 Å². The minimum absolute atomic E-state index is 0.150. The van der Waals surface area contributed by atoms with E-state index in [-0.39, 0.29) is 23.8 Å². The van der Waals surface area contributed by atoms with Gasteiger partial charge in [-0.15, -0.1) is 0 Å². The molecule has 0 radical (unpaired) electrons. The molecule has 6 heteroatoms. The van der Waals surface area contributed by atoms with Gasteiger partial charge in [-0.1, -0.05) is 0 Å². The lowest BCUT2D eigenvalue weighted by Crippen LogP contribution is -2.23. The molecule has 14 heavy (non-hydrogen) atoms. The molecule has 2 N–H and O–H groups in total. The average Bonchev–Trinajstić information content (AvgIpc) is 2.15. The summed E-state index contributed by atoms with van der Waals surface area (Å²) in [7, 11) is 1.39. The predicted molar refractivity (Wildman–Crippen MR) is 48.9 cm³/mol. The average molecular weight is 197 g/mol. The number of aromatic amines is 1. The first kappa shape index (κ1) is 10.2. The van der Waals surface area contributed by atoms with Crippen molar-refractivity contribution in [2.75, 3.05) is 7.11 Å². The molecular weight excluding hydrogens is 186 g/mol. The van der Waals surface area contributed by atoms with E-state index in [2.05, 4.69) is 15.3 Å². The summed E-state index contributed by atoms with van der Waals surface area (Å²) in [5.41, 5.74) is -0.358. The van der Waals surface area contributed by atoms with E-state index in [1.807, 2.05) is 0 Å². The number of rotatable bonds is 3. The number of nitrogens with zero attached hydrogens (tertiary/aromatic N) is 1. The van der Waals surface area contributed by atoms with Gasteiger partial charge in [-0.2, -0.15) is 0 Å². The zero-order valence-electron chi connectivity index (χ0n) is 7.96. The molecule has 0 unspecified atom stereocenters. The minimum Gasteiger partial charge on any atom is -0.490 e. The fraction of sp³-hybridized carbons (Fsp3) is 0.375. The number of nitrogens with one attached hydrogen (secondary N) is 2. The van der Waals surface area contributed by atoms with Gasteiger partial charge in [0.05, 0.1) is 19.9 Å². The molecule has 0 aliphatic rings. The molecule has 6 nitrogen and oxygen atoms in total. The Morgan fingerprint density at radius 2 is 2.43 bits per heavy atom. The Bertz CT molecular complexity index is 386. The van der Waals surface area contributed by atoms with Crippen molar-refractivity contribution < 1.29 is 9.53 Å². The van der Waals surface area contributed by atoms with Crippen LogP contribution >= 0.6 is 0 Å². The molecule has 0 bridgehead atoms. The second-order valence-corrected chi connectivity index (χ2v) is 2.64. The van der Waals surface area contributed by atoms with Gasteiger partial charge in [-0.3, -0.25) is 9.59 Å². The van der Waals surface area contributed by atoms with Crippen LogP contribution in [0.4, 0.5) is 0 Å².